The van der Waals surface area contributed by atoms with Crippen LogP contribution in [0.15, 0.2) is 54.6 Å². The Morgan fingerprint density at radius 3 is 2.36 bits per heavy atom. The average Bonchev–Trinajstić information content (AvgIpc) is 3.71. The molecule has 6 rings (SSSR count). The molecule has 2 amide bonds. The Morgan fingerprint density at radius 2 is 1.66 bits per heavy atom. The minimum absolute atomic E-state index is 0.0204. The summed E-state index contributed by atoms with van der Waals surface area (Å²) in [5.41, 5.74) is 1.36. The second-order valence-corrected chi connectivity index (χ2v) is 14.8. The smallest absolute Gasteiger partial charge is 0.327 e. The fraction of sp³-hybridized carbons (Fsp3) is 0.585. The van der Waals surface area contributed by atoms with Crippen molar-refractivity contribution in [2.45, 2.75) is 127 Å². The highest BCUT2D eigenvalue weighted by atomic mass is 16.8. The van der Waals surface area contributed by atoms with E-state index in [4.69, 9.17) is 24.2 Å². The van der Waals surface area contributed by atoms with Gasteiger partial charge in [0.05, 0.1) is 13.2 Å². The lowest BCUT2D eigenvalue weighted by atomic mass is 9.62. The Hall–Kier alpha value is -3.81. The lowest BCUT2D eigenvalue weighted by Gasteiger charge is -2.48. The van der Waals surface area contributed by atoms with Crippen LogP contribution in [0.3, 0.4) is 0 Å². The average molecular weight is 734 g/mol. The number of nitrogens with one attached hydrogen (secondary N) is 2. The summed E-state index contributed by atoms with van der Waals surface area (Å²) < 4.78 is 19.9. The number of fused-ring (bicyclic) bond motifs is 4. The Morgan fingerprint density at radius 1 is 0.943 bits per heavy atom. The second kappa shape index (κ2) is 17.6. The molecule has 6 atom stereocenters. The van der Waals surface area contributed by atoms with Gasteiger partial charge >= 0.3 is 5.97 Å². The van der Waals surface area contributed by atoms with Gasteiger partial charge in [0.15, 0.2) is 11.8 Å². The number of hydrogen-bond acceptors (Lipinski definition) is 10. The van der Waals surface area contributed by atoms with Crippen molar-refractivity contribution in [1.29, 1.82) is 0 Å². The first kappa shape index (κ1) is 38.9. The van der Waals surface area contributed by atoms with Crippen molar-refractivity contribution in [2.75, 3.05) is 19.7 Å². The summed E-state index contributed by atoms with van der Waals surface area (Å²) in [4.78, 5) is 47.5. The SMILES string of the molecule is CCCCCC1(CCCCC)O[C@@H]2[C@H]3ON(Cc4ccc(C=CCc5ccccc5O)cc4)[C@H]4C(=O)OC(CC34C(=O)NCCC(=O)NCCO)[C@@H]2O1. The molecule has 3 saturated heterocycles. The summed E-state index contributed by atoms with van der Waals surface area (Å²) in [7, 11) is 0. The molecule has 3 aliphatic heterocycles. The Kier molecular flexibility index (Phi) is 12.9. The number of aromatic hydroxyl groups is 1. The van der Waals surface area contributed by atoms with E-state index in [1.165, 1.54) is 0 Å². The third kappa shape index (κ3) is 8.47. The molecule has 288 valence electrons. The normalized spacial score (nSPS) is 27.1. The van der Waals surface area contributed by atoms with Crippen LogP contribution >= 0.6 is 0 Å². The van der Waals surface area contributed by atoms with E-state index in [1.807, 2.05) is 48.6 Å². The number of allylic oxidation sites excluding steroid dienone is 1. The van der Waals surface area contributed by atoms with E-state index in [1.54, 1.807) is 17.2 Å². The number of benzene rings is 2. The number of hydrogen-bond donors (Lipinski definition) is 4. The summed E-state index contributed by atoms with van der Waals surface area (Å²) >= 11 is 0. The fourth-order valence-corrected chi connectivity index (χ4v) is 8.35. The van der Waals surface area contributed by atoms with E-state index in [0.29, 0.717) is 19.3 Å². The Bertz CT molecular complexity index is 1590. The van der Waals surface area contributed by atoms with Gasteiger partial charge in [-0.25, -0.2) is 0 Å². The number of phenolic OH excluding ortho intramolecular Hbond substituents is 1. The fourth-order valence-electron chi connectivity index (χ4n) is 8.35. The predicted octanol–water partition coefficient (Wildman–Crippen LogP) is 4.70. The topological polar surface area (TPSA) is 156 Å². The molecule has 12 nitrogen and oxygen atoms in total. The maximum absolute atomic E-state index is 14.5. The van der Waals surface area contributed by atoms with Gasteiger partial charge in [-0.3, -0.25) is 19.2 Å². The van der Waals surface area contributed by atoms with Crippen molar-refractivity contribution < 1.29 is 43.6 Å². The number of amides is 2. The van der Waals surface area contributed by atoms with Gasteiger partial charge in [0, 0.05) is 38.8 Å². The minimum Gasteiger partial charge on any atom is -0.508 e. The van der Waals surface area contributed by atoms with Gasteiger partial charge in [-0.2, -0.15) is 5.06 Å². The molecule has 12 heteroatoms. The molecule has 1 aliphatic carbocycles. The maximum Gasteiger partial charge on any atom is 0.327 e. The molecular weight excluding hydrogens is 678 g/mol. The maximum atomic E-state index is 14.5. The van der Waals surface area contributed by atoms with Crippen molar-refractivity contribution in [3.8, 4) is 5.75 Å². The number of carbonyl (C=O) groups is 3. The van der Waals surface area contributed by atoms with Crippen molar-refractivity contribution in [3.63, 3.8) is 0 Å². The van der Waals surface area contributed by atoms with E-state index in [0.717, 1.165) is 55.2 Å². The molecule has 4 aliphatic rings. The molecular formula is C41H55N3O9. The summed E-state index contributed by atoms with van der Waals surface area (Å²) in [6, 6.07) is 14.1. The van der Waals surface area contributed by atoms with Gasteiger partial charge in [-0.1, -0.05) is 94.1 Å². The number of aliphatic hydroxyl groups excluding tert-OH is 1. The Balaban J connectivity index is 1.24. The molecule has 0 aromatic heterocycles. The highest BCUT2D eigenvalue weighted by molar-refractivity contribution is 5.94. The summed E-state index contributed by atoms with van der Waals surface area (Å²) in [5, 5.41) is 26.3. The third-order valence-electron chi connectivity index (χ3n) is 11.0. The largest absolute Gasteiger partial charge is 0.508 e. The zero-order chi connectivity index (χ0) is 37.4. The van der Waals surface area contributed by atoms with Crippen molar-refractivity contribution in [2.24, 2.45) is 5.41 Å². The van der Waals surface area contributed by atoms with Gasteiger partial charge < -0.3 is 35.1 Å². The zero-order valence-corrected chi connectivity index (χ0v) is 31.0. The molecule has 2 aromatic carbocycles. The Labute approximate surface area is 312 Å². The number of aliphatic hydroxyl groups is 1. The first-order valence-corrected chi connectivity index (χ1v) is 19.4. The number of ether oxygens (including phenoxy) is 3. The van der Waals surface area contributed by atoms with Crippen LogP contribution in [-0.2, 0) is 46.4 Å². The van der Waals surface area contributed by atoms with Crippen LogP contribution in [0.2, 0.25) is 0 Å². The number of esters is 1. The van der Waals surface area contributed by atoms with Crippen molar-refractivity contribution in [3.05, 3.63) is 71.3 Å². The lowest BCUT2D eigenvalue weighted by molar-refractivity contribution is -0.224. The molecule has 2 unspecified atom stereocenters. The molecule has 2 aromatic rings. The van der Waals surface area contributed by atoms with E-state index in [9.17, 15) is 19.5 Å². The molecule has 4 N–H and O–H groups in total. The van der Waals surface area contributed by atoms with Crippen LogP contribution in [0, 0.1) is 5.41 Å². The number of hydroxylamine groups is 2. The van der Waals surface area contributed by atoms with E-state index < -0.39 is 47.6 Å². The monoisotopic (exact) mass is 733 g/mol. The standard InChI is InChI=1S/C41H55N3O9/c1-3-5-9-21-40(22-10-6-4-2)51-34-32-26-41(39(49)43-23-20-33(47)42-24-25-45)36(38(48)50-32)44(53-37(41)35(34)52-40)27-29-18-16-28(17-19-29)12-11-14-30-13-7-8-15-31(30)46/h7-8,11-13,15-19,32,34-37,45-46H,3-6,9-10,14,20-27H2,1-2H3,(H,42,47)(H,43,49)/t32?,34-,35-,36-,37+,41?/m0/s1. The second-order valence-electron chi connectivity index (χ2n) is 14.8. The highest BCUT2D eigenvalue weighted by Crippen LogP contribution is 2.58. The third-order valence-corrected chi connectivity index (χ3v) is 11.0. The van der Waals surface area contributed by atoms with Crippen LogP contribution in [0.4, 0.5) is 0 Å². The van der Waals surface area contributed by atoms with Crippen LogP contribution in [0.1, 0.15) is 94.7 Å². The molecule has 53 heavy (non-hydrogen) atoms. The molecule has 1 saturated carbocycles. The first-order chi connectivity index (χ1) is 25.7. The van der Waals surface area contributed by atoms with E-state index >= 15 is 0 Å². The summed E-state index contributed by atoms with van der Waals surface area (Å²) in [6.45, 7) is 4.54. The van der Waals surface area contributed by atoms with Crippen molar-refractivity contribution in [1.82, 2.24) is 15.7 Å². The number of nitrogens with zero attached hydrogens (tertiary/aromatic N) is 1. The molecule has 0 radical (unpaired) electrons. The summed E-state index contributed by atoms with van der Waals surface area (Å²) in [6.07, 6.45) is 9.51. The number of para-hydroxylation sites is 1. The zero-order valence-electron chi connectivity index (χ0n) is 31.0. The van der Waals surface area contributed by atoms with Crippen molar-refractivity contribution >= 4 is 23.9 Å². The number of carbonyl (C=O) groups excluding carboxylic acids is 3. The predicted molar refractivity (Wildman–Crippen MR) is 197 cm³/mol. The molecule has 2 bridgehead atoms. The number of phenols is 1. The first-order valence-electron chi connectivity index (χ1n) is 19.4. The van der Waals surface area contributed by atoms with Crippen LogP contribution < -0.4 is 10.6 Å². The number of unbranched alkanes of at least 4 members (excludes halogenated alkanes) is 4. The highest BCUT2D eigenvalue weighted by Gasteiger charge is 2.76. The lowest BCUT2D eigenvalue weighted by Crippen LogP contribution is -2.69. The van der Waals surface area contributed by atoms with Gasteiger partial charge in [-0.05, 0) is 42.0 Å². The van der Waals surface area contributed by atoms with Gasteiger partial charge in [0.1, 0.15) is 35.6 Å². The van der Waals surface area contributed by atoms with Gasteiger partial charge in [-0.15, -0.1) is 0 Å². The minimum atomic E-state index is -1.33. The quantitative estimate of drug-likeness (QED) is 0.118. The molecule has 4 fully saturated rings. The molecule has 0 spiro atoms. The van der Waals surface area contributed by atoms with Gasteiger partial charge in [0.2, 0.25) is 11.8 Å². The summed E-state index contributed by atoms with van der Waals surface area (Å²) in [5.74, 6) is -1.81. The van der Waals surface area contributed by atoms with Crippen LogP contribution in [0.5, 0.6) is 5.75 Å². The van der Waals surface area contributed by atoms with E-state index in [-0.39, 0.29) is 56.6 Å². The van der Waals surface area contributed by atoms with E-state index in [2.05, 4.69) is 24.5 Å². The molecule has 3 heterocycles. The van der Waals surface area contributed by atoms with Gasteiger partial charge in [0.25, 0.3) is 0 Å². The van der Waals surface area contributed by atoms with Crippen LogP contribution in [-0.4, -0.2) is 89.0 Å². The number of rotatable bonds is 19. The van der Waals surface area contributed by atoms with Crippen LogP contribution in [0.25, 0.3) is 6.08 Å².